The fourth-order valence-corrected chi connectivity index (χ4v) is 1.70. The number of aromatic nitrogens is 1. The fraction of sp³-hybridized carbons (Fsp3) is 0.417. The van der Waals surface area contributed by atoms with Crippen LogP contribution in [0.3, 0.4) is 0 Å². The summed E-state index contributed by atoms with van der Waals surface area (Å²) in [6, 6.07) is 3.22. The molecular weight excluding hydrogens is 250 g/mol. The second kappa shape index (κ2) is 7.71. The maximum absolute atomic E-state index is 11.7. The van der Waals surface area contributed by atoms with Crippen LogP contribution in [0.4, 0.5) is 0 Å². The number of rotatable bonds is 6. The molecule has 6 heteroatoms. The molecule has 0 bridgehead atoms. The predicted molar refractivity (Wildman–Crippen MR) is 72.4 cm³/mol. The van der Waals surface area contributed by atoms with Crippen molar-refractivity contribution < 1.29 is 9.59 Å². The molecule has 0 fully saturated rings. The molecule has 1 unspecified atom stereocenters. The molecular formula is C12H17N3O2S. The van der Waals surface area contributed by atoms with Crippen molar-refractivity contribution in [2.45, 2.75) is 19.4 Å². The van der Waals surface area contributed by atoms with Gasteiger partial charge in [0.1, 0.15) is 6.04 Å². The van der Waals surface area contributed by atoms with Gasteiger partial charge in [0.15, 0.2) is 0 Å². The van der Waals surface area contributed by atoms with Crippen LogP contribution in [-0.2, 0) is 16.0 Å². The summed E-state index contributed by atoms with van der Waals surface area (Å²) < 4.78 is 0. The molecule has 0 aromatic carbocycles. The molecule has 98 valence electrons. The number of carbonyl (C=O) groups is 2. The average Bonchev–Trinajstić information content (AvgIpc) is 2.36. The highest BCUT2D eigenvalue weighted by Crippen LogP contribution is 1.96. The minimum Gasteiger partial charge on any atom is -0.354 e. The zero-order chi connectivity index (χ0) is 13.4. The first-order valence-electron chi connectivity index (χ1n) is 5.68. The number of nitrogens with one attached hydrogen (secondary N) is 2. The lowest BCUT2D eigenvalue weighted by atomic mass is 10.2. The summed E-state index contributed by atoms with van der Waals surface area (Å²) in [5.41, 5.74) is 1.06. The minimum atomic E-state index is -0.584. The van der Waals surface area contributed by atoms with Gasteiger partial charge in [0, 0.05) is 31.6 Å². The van der Waals surface area contributed by atoms with Gasteiger partial charge in [-0.2, -0.15) is 12.6 Å². The van der Waals surface area contributed by atoms with E-state index in [-0.39, 0.29) is 17.6 Å². The number of pyridine rings is 1. The third kappa shape index (κ3) is 5.18. The molecule has 18 heavy (non-hydrogen) atoms. The zero-order valence-corrected chi connectivity index (χ0v) is 11.1. The molecule has 0 aliphatic rings. The maximum Gasteiger partial charge on any atom is 0.243 e. The lowest BCUT2D eigenvalue weighted by Gasteiger charge is -2.15. The highest BCUT2D eigenvalue weighted by atomic mass is 32.1. The molecule has 1 heterocycles. The van der Waals surface area contributed by atoms with E-state index in [1.807, 2.05) is 12.1 Å². The molecule has 0 saturated carbocycles. The van der Waals surface area contributed by atoms with Gasteiger partial charge in [-0.25, -0.2) is 0 Å². The predicted octanol–water partition coefficient (Wildman–Crippen LogP) is 0.175. The number of carbonyl (C=O) groups excluding carboxylic acids is 2. The molecule has 0 aliphatic heterocycles. The summed E-state index contributed by atoms with van der Waals surface area (Å²) in [5, 5.41) is 5.30. The molecule has 1 aromatic rings. The van der Waals surface area contributed by atoms with Gasteiger partial charge in [-0.05, 0) is 18.1 Å². The van der Waals surface area contributed by atoms with Crippen LogP contribution in [0.1, 0.15) is 12.5 Å². The largest absolute Gasteiger partial charge is 0.354 e. The van der Waals surface area contributed by atoms with E-state index in [0.29, 0.717) is 13.0 Å². The molecule has 1 atom stereocenters. The normalized spacial score (nSPS) is 11.7. The second-order valence-corrected chi connectivity index (χ2v) is 4.20. The van der Waals surface area contributed by atoms with Crippen molar-refractivity contribution in [3.8, 4) is 0 Å². The second-order valence-electron chi connectivity index (χ2n) is 3.84. The van der Waals surface area contributed by atoms with Crippen LogP contribution in [0.2, 0.25) is 0 Å². The highest BCUT2D eigenvalue weighted by molar-refractivity contribution is 7.80. The Hall–Kier alpha value is -1.56. The van der Waals surface area contributed by atoms with Crippen LogP contribution in [0.15, 0.2) is 24.5 Å². The van der Waals surface area contributed by atoms with Crippen molar-refractivity contribution in [1.82, 2.24) is 15.6 Å². The Bertz CT molecular complexity index is 398. The Morgan fingerprint density at radius 1 is 1.50 bits per heavy atom. The summed E-state index contributed by atoms with van der Waals surface area (Å²) in [5.74, 6) is -0.182. The van der Waals surface area contributed by atoms with E-state index in [2.05, 4.69) is 28.2 Å². The molecule has 0 saturated heterocycles. The first-order chi connectivity index (χ1) is 8.63. The number of nitrogens with zero attached hydrogens (tertiary/aromatic N) is 1. The Kier molecular flexibility index (Phi) is 6.21. The number of thiol groups is 1. The molecule has 0 spiro atoms. The van der Waals surface area contributed by atoms with Gasteiger partial charge in [0.05, 0.1) is 0 Å². The van der Waals surface area contributed by atoms with Gasteiger partial charge in [0.2, 0.25) is 11.8 Å². The Balaban J connectivity index is 2.34. The molecule has 1 rings (SSSR count). The number of hydrogen-bond acceptors (Lipinski definition) is 4. The Morgan fingerprint density at radius 2 is 2.28 bits per heavy atom. The average molecular weight is 267 g/mol. The van der Waals surface area contributed by atoms with E-state index in [0.717, 1.165) is 5.56 Å². The van der Waals surface area contributed by atoms with E-state index in [1.54, 1.807) is 12.4 Å². The zero-order valence-electron chi connectivity index (χ0n) is 10.2. The van der Waals surface area contributed by atoms with Gasteiger partial charge in [-0.15, -0.1) is 0 Å². The quantitative estimate of drug-likeness (QED) is 0.644. The van der Waals surface area contributed by atoms with Crippen molar-refractivity contribution in [2.75, 3.05) is 12.3 Å². The summed E-state index contributed by atoms with van der Waals surface area (Å²) in [6.45, 7) is 1.88. The van der Waals surface area contributed by atoms with Crippen LogP contribution in [0.5, 0.6) is 0 Å². The first-order valence-corrected chi connectivity index (χ1v) is 6.31. The first kappa shape index (κ1) is 14.5. The smallest absolute Gasteiger partial charge is 0.243 e. The van der Waals surface area contributed by atoms with Crippen molar-refractivity contribution in [3.63, 3.8) is 0 Å². The summed E-state index contributed by atoms with van der Waals surface area (Å²) in [7, 11) is 0. The topological polar surface area (TPSA) is 71.1 Å². The van der Waals surface area contributed by atoms with Gasteiger partial charge in [-0.1, -0.05) is 6.07 Å². The lowest BCUT2D eigenvalue weighted by Crippen LogP contribution is -2.47. The Morgan fingerprint density at radius 3 is 2.83 bits per heavy atom. The minimum absolute atomic E-state index is 0.218. The highest BCUT2D eigenvalue weighted by Gasteiger charge is 2.16. The van der Waals surface area contributed by atoms with Gasteiger partial charge >= 0.3 is 0 Å². The third-order valence-corrected chi connectivity index (χ3v) is 2.68. The van der Waals surface area contributed by atoms with E-state index < -0.39 is 6.04 Å². The summed E-state index contributed by atoms with van der Waals surface area (Å²) in [6.07, 6.45) is 4.17. The monoisotopic (exact) mass is 267 g/mol. The molecule has 0 aliphatic carbocycles. The van der Waals surface area contributed by atoms with Gasteiger partial charge in [0.25, 0.3) is 0 Å². The van der Waals surface area contributed by atoms with E-state index in [1.165, 1.54) is 6.92 Å². The number of amides is 2. The van der Waals surface area contributed by atoms with E-state index in [9.17, 15) is 9.59 Å². The molecule has 1 aromatic heterocycles. The fourth-order valence-electron chi connectivity index (χ4n) is 1.44. The summed E-state index contributed by atoms with van der Waals surface area (Å²) >= 11 is 4.04. The summed E-state index contributed by atoms with van der Waals surface area (Å²) in [4.78, 5) is 26.6. The standard InChI is InChI=1S/C12H17N3O2S/c1-9(16)15-11(8-18)12(17)14-6-4-10-3-2-5-13-7-10/h2-3,5,7,11,18H,4,6,8H2,1H3,(H,14,17)(H,15,16). The van der Waals surface area contributed by atoms with Crippen molar-refractivity contribution in [1.29, 1.82) is 0 Å². The van der Waals surface area contributed by atoms with E-state index in [4.69, 9.17) is 0 Å². The molecule has 5 nitrogen and oxygen atoms in total. The van der Waals surface area contributed by atoms with Crippen molar-refractivity contribution in [3.05, 3.63) is 30.1 Å². The van der Waals surface area contributed by atoms with Gasteiger partial charge in [-0.3, -0.25) is 14.6 Å². The van der Waals surface area contributed by atoms with E-state index >= 15 is 0 Å². The van der Waals surface area contributed by atoms with Crippen molar-refractivity contribution >= 4 is 24.4 Å². The Labute approximate surface area is 112 Å². The molecule has 2 amide bonds. The number of hydrogen-bond donors (Lipinski definition) is 3. The van der Waals surface area contributed by atoms with Crippen molar-refractivity contribution in [2.24, 2.45) is 0 Å². The third-order valence-electron chi connectivity index (χ3n) is 2.31. The van der Waals surface area contributed by atoms with Crippen LogP contribution < -0.4 is 10.6 Å². The lowest BCUT2D eigenvalue weighted by molar-refractivity contribution is -0.127. The van der Waals surface area contributed by atoms with Gasteiger partial charge < -0.3 is 10.6 Å². The SMILES string of the molecule is CC(=O)NC(CS)C(=O)NCCc1cccnc1. The molecule has 0 radical (unpaired) electrons. The van der Waals surface area contributed by atoms with Crippen LogP contribution in [0.25, 0.3) is 0 Å². The van der Waals surface area contributed by atoms with Crippen LogP contribution in [0, 0.1) is 0 Å². The van der Waals surface area contributed by atoms with Crippen LogP contribution >= 0.6 is 12.6 Å². The van der Waals surface area contributed by atoms with Crippen LogP contribution in [-0.4, -0.2) is 35.1 Å². The molecule has 2 N–H and O–H groups in total. The maximum atomic E-state index is 11.7.